The van der Waals surface area contributed by atoms with Crippen molar-refractivity contribution in [2.45, 2.75) is 13.8 Å². The highest BCUT2D eigenvalue weighted by molar-refractivity contribution is 9.10. The smallest absolute Gasteiger partial charge is 0.262 e. The molecule has 1 aliphatic heterocycles. The number of benzene rings is 3. The van der Waals surface area contributed by atoms with Crippen molar-refractivity contribution in [3.05, 3.63) is 100 Å². The summed E-state index contributed by atoms with van der Waals surface area (Å²) in [5, 5.41) is 0. The number of hydrogen-bond donors (Lipinski definition) is 0. The minimum atomic E-state index is -0.0810. The van der Waals surface area contributed by atoms with Crippen LogP contribution in [0, 0.1) is 0 Å². The zero-order valence-electron chi connectivity index (χ0n) is 18.0. The first-order valence-electron chi connectivity index (χ1n) is 10.6. The standard InChI is InChI=1S/C27H24BrNO3/c1-3-31-23-12-8-11-22(18-23)29-25(20-9-6-5-7-10-20)17-21(27(29)30)15-19-13-14-26(32-4-2)24(28)16-19/h5-18H,3-4H2,1-2H3/b21-15+. The van der Waals surface area contributed by atoms with Gasteiger partial charge in [-0.1, -0.05) is 42.5 Å². The number of amides is 1. The Labute approximate surface area is 196 Å². The third-order valence-electron chi connectivity index (χ3n) is 5.02. The molecule has 4 nitrogen and oxygen atoms in total. The summed E-state index contributed by atoms with van der Waals surface area (Å²) in [5.74, 6) is 1.43. The predicted octanol–water partition coefficient (Wildman–Crippen LogP) is 6.72. The van der Waals surface area contributed by atoms with Gasteiger partial charge in [-0.15, -0.1) is 0 Å². The van der Waals surface area contributed by atoms with Gasteiger partial charge in [0.05, 0.1) is 29.1 Å². The van der Waals surface area contributed by atoms with Crippen LogP contribution in [0.3, 0.4) is 0 Å². The molecule has 0 aliphatic carbocycles. The zero-order valence-corrected chi connectivity index (χ0v) is 19.6. The van der Waals surface area contributed by atoms with Crippen LogP contribution in [0.2, 0.25) is 0 Å². The van der Waals surface area contributed by atoms with E-state index >= 15 is 0 Å². The highest BCUT2D eigenvalue weighted by atomic mass is 79.9. The van der Waals surface area contributed by atoms with E-state index in [0.29, 0.717) is 18.8 Å². The highest BCUT2D eigenvalue weighted by Gasteiger charge is 2.30. The van der Waals surface area contributed by atoms with E-state index in [1.807, 2.05) is 98.8 Å². The second-order valence-corrected chi connectivity index (χ2v) is 8.04. The normalized spacial score (nSPS) is 14.6. The van der Waals surface area contributed by atoms with Gasteiger partial charge in [0.2, 0.25) is 0 Å². The van der Waals surface area contributed by atoms with Crippen LogP contribution in [0.1, 0.15) is 25.0 Å². The molecule has 1 heterocycles. The quantitative estimate of drug-likeness (QED) is 0.345. The summed E-state index contributed by atoms with van der Waals surface area (Å²) in [5.41, 5.74) is 4.10. The minimum absolute atomic E-state index is 0.0810. The molecule has 5 heteroatoms. The summed E-state index contributed by atoms with van der Waals surface area (Å²) in [6, 6.07) is 23.4. The van der Waals surface area contributed by atoms with Crippen molar-refractivity contribution in [3.63, 3.8) is 0 Å². The molecular weight excluding hydrogens is 466 g/mol. The topological polar surface area (TPSA) is 38.8 Å². The summed E-state index contributed by atoms with van der Waals surface area (Å²) in [6.07, 6.45) is 3.84. The van der Waals surface area contributed by atoms with Gasteiger partial charge in [0, 0.05) is 11.6 Å². The number of halogens is 1. The molecule has 1 amide bonds. The zero-order chi connectivity index (χ0) is 22.5. The molecule has 0 saturated heterocycles. The summed E-state index contributed by atoms with van der Waals surface area (Å²) in [7, 11) is 0. The molecule has 1 aliphatic rings. The van der Waals surface area contributed by atoms with Crippen LogP contribution in [0.15, 0.2) is 88.9 Å². The molecule has 0 fully saturated rings. The second-order valence-electron chi connectivity index (χ2n) is 7.19. The SMILES string of the molecule is CCOc1cccc(N2C(=O)/C(=C/c3ccc(OCC)c(Br)c3)C=C2c2ccccc2)c1. The summed E-state index contributed by atoms with van der Waals surface area (Å²) in [4.78, 5) is 15.3. The van der Waals surface area contributed by atoms with E-state index in [9.17, 15) is 4.79 Å². The Bertz CT molecular complexity index is 1180. The second kappa shape index (κ2) is 9.88. The van der Waals surface area contributed by atoms with Crippen molar-refractivity contribution in [1.29, 1.82) is 0 Å². The van der Waals surface area contributed by atoms with E-state index in [0.717, 1.165) is 38.5 Å². The molecule has 162 valence electrons. The molecule has 3 aromatic carbocycles. The largest absolute Gasteiger partial charge is 0.494 e. The van der Waals surface area contributed by atoms with Gasteiger partial charge in [-0.2, -0.15) is 0 Å². The molecule has 0 saturated carbocycles. The van der Waals surface area contributed by atoms with Crippen LogP contribution in [0.25, 0.3) is 11.8 Å². The van der Waals surface area contributed by atoms with E-state index in [4.69, 9.17) is 9.47 Å². The monoisotopic (exact) mass is 489 g/mol. The Morgan fingerprint density at radius 3 is 2.41 bits per heavy atom. The number of carbonyl (C=O) groups is 1. The van der Waals surface area contributed by atoms with Crippen molar-refractivity contribution < 1.29 is 14.3 Å². The Balaban J connectivity index is 1.76. The van der Waals surface area contributed by atoms with Crippen LogP contribution >= 0.6 is 15.9 Å². The lowest BCUT2D eigenvalue weighted by molar-refractivity contribution is -0.113. The maximum Gasteiger partial charge on any atom is 0.262 e. The van der Waals surface area contributed by atoms with E-state index in [-0.39, 0.29) is 5.91 Å². The third kappa shape index (κ3) is 4.63. The fraction of sp³-hybridized carbons (Fsp3) is 0.148. The van der Waals surface area contributed by atoms with Crippen molar-refractivity contribution in [1.82, 2.24) is 0 Å². The third-order valence-corrected chi connectivity index (χ3v) is 5.64. The molecule has 0 radical (unpaired) electrons. The highest BCUT2D eigenvalue weighted by Crippen LogP contribution is 2.37. The number of carbonyl (C=O) groups excluding carboxylic acids is 1. The molecule has 0 spiro atoms. The maximum absolute atomic E-state index is 13.5. The molecule has 0 N–H and O–H groups in total. The van der Waals surface area contributed by atoms with Gasteiger partial charge < -0.3 is 9.47 Å². The van der Waals surface area contributed by atoms with E-state index in [1.54, 1.807) is 4.90 Å². The fourth-order valence-corrected chi connectivity index (χ4v) is 4.14. The molecule has 0 aromatic heterocycles. The number of ether oxygens (including phenoxy) is 2. The van der Waals surface area contributed by atoms with Gasteiger partial charge in [-0.05, 0) is 77.3 Å². The predicted molar refractivity (Wildman–Crippen MR) is 133 cm³/mol. The molecule has 0 unspecified atom stereocenters. The maximum atomic E-state index is 13.5. The number of nitrogens with zero attached hydrogens (tertiary/aromatic N) is 1. The van der Waals surface area contributed by atoms with Crippen molar-refractivity contribution in [2.24, 2.45) is 0 Å². The van der Waals surface area contributed by atoms with Gasteiger partial charge in [-0.3, -0.25) is 9.69 Å². The average molecular weight is 490 g/mol. The van der Waals surface area contributed by atoms with Crippen molar-refractivity contribution in [3.8, 4) is 11.5 Å². The lowest BCUT2D eigenvalue weighted by Crippen LogP contribution is -2.25. The average Bonchev–Trinajstić information content (AvgIpc) is 3.13. The summed E-state index contributed by atoms with van der Waals surface area (Å²) < 4.78 is 12.1. The molecule has 3 aromatic rings. The van der Waals surface area contributed by atoms with E-state index < -0.39 is 0 Å². The van der Waals surface area contributed by atoms with Gasteiger partial charge in [0.1, 0.15) is 11.5 Å². The fourth-order valence-electron chi connectivity index (χ4n) is 3.63. The Hall–Kier alpha value is -3.31. The Kier molecular flexibility index (Phi) is 6.76. The Morgan fingerprint density at radius 1 is 0.906 bits per heavy atom. The van der Waals surface area contributed by atoms with E-state index in [2.05, 4.69) is 15.9 Å². The number of hydrogen-bond acceptors (Lipinski definition) is 3. The first-order chi connectivity index (χ1) is 15.6. The molecule has 0 bridgehead atoms. The molecule has 32 heavy (non-hydrogen) atoms. The lowest BCUT2D eigenvalue weighted by atomic mass is 10.1. The van der Waals surface area contributed by atoms with Gasteiger partial charge in [0.15, 0.2) is 0 Å². The van der Waals surface area contributed by atoms with Crippen LogP contribution in [0.4, 0.5) is 5.69 Å². The molecule has 4 rings (SSSR count). The van der Waals surface area contributed by atoms with Gasteiger partial charge in [0.25, 0.3) is 5.91 Å². The minimum Gasteiger partial charge on any atom is -0.494 e. The Morgan fingerprint density at radius 2 is 1.69 bits per heavy atom. The number of rotatable bonds is 7. The molecular formula is C27H24BrNO3. The van der Waals surface area contributed by atoms with Gasteiger partial charge >= 0.3 is 0 Å². The van der Waals surface area contributed by atoms with Crippen LogP contribution in [-0.2, 0) is 4.79 Å². The first-order valence-corrected chi connectivity index (χ1v) is 11.4. The van der Waals surface area contributed by atoms with Crippen LogP contribution in [-0.4, -0.2) is 19.1 Å². The van der Waals surface area contributed by atoms with Crippen LogP contribution in [0.5, 0.6) is 11.5 Å². The van der Waals surface area contributed by atoms with Crippen molar-refractivity contribution >= 4 is 39.3 Å². The number of anilines is 1. The van der Waals surface area contributed by atoms with Crippen LogP contribution < -0.4 is 14.4 Å². The first kappa shape index (κ1) is 21.9. The summed E-state index contributed by atoms with van der Waals surface area (Å²) >= 11 is 3.55. The summed E-state index contributed by atoms with van der Waals surface area (Å²) in [6.45, 7) is 5.05. The van der Waals surface area contributed by atoms with Gasteiger partial charge in [-0.25, -0.2) is 0 Å². The lowest BCUT2D eigenvalue weighted by Gasteiger charge is -2.21. The van der Waals surface area contributed by atoms with E-state index in [1.165, 1.54) is 0 Å². The molecule has 0 atom stereocenters. The van der Waals surface area contributed by atoms with Crippen molar-refractivity contribution in [2.75, 3.05) is 18.1 Å².